The maximum absolute atomic E-state index is 9.75. The van der Waals surface area contributed by atoms with Gasteiger partial charge in [-0.25, -0.2) is 9.59 Å². The van der Waals surface area contributed by atoms with Gasteiger partial charge < -0.3 is 0 Å². The van der Waals surface area contributed by atoms with Crippen molar-refractivity contribution in [3.05, 3.63) is 24.6 Å². The molecule has 0 N–H and O–H groups in total. The van der Waals surface area contributed by atoms with Crippen molar-refractivity contribution in [3.63, 3.8) is 0 Å². The molecule has 0 saturated carbocycles. The Bertz CT molecular complexity index is 256. The molecular weight excluding hydrogens is 144 g/mol. The summed E-state index contributed by atoms with van der Waals surface area (Å²) in [7, 11) is 0. The van der Waals surface area contributed by atoms with Crippen LogP contribution in [0.15, 0.2) is 34.5 Å². The second kappa shape index (κ2) is 6.36. The quantitative estimate of drug-likeness (QED) is 0.342. The van der Waals surface area contributed by atoms with Crippen LogP contribution < -0.4 is 0 Å². The third kappa shape index (κ3) is 4.73. The largest absolute Gasteiger partial charge is 0.240 e. The molecule has 56 valence electrons. The molecule has 0 fully saturated rings. The highest BCUT2D eigenvalue weighted by atomic mass is 16.1. The SMILES string of the molecule is C=CC/C(=C/N=C=O)N=C=O. The van der Waals surface area contributed by atoms with Crippen LogP contribution in [0.3, 0.4) is 0 Å². The van der Waals surface area contributed by atoms with E-state index in [-0.39, 0.29) is 0 Å². The van der Waals surface area contributed by atoms with Crippen LogP contribution in [0.25, 0.3) is 0 Å². The lowest BCUT2D eigenvalue weighted by molar-refractivity contribution is 0.563. The Morgan fingerprint density at radius 2 is 2.18 bits per heavy atom. The minimum Gasteiger partial charge on any atom is -0.211 e. The Labute approximate surface area is 63.7 Å². The summed E-state index contributed by atoms with van der Waals surface area (Å²) in [6.07, 6.45) is 5.67. The molecule has 0 aromatic carbocycles. The zero-order valence-electron chi connectivity index (χ0n) is 5.78. The Hall–Kier alpha value is -1.76. The predicted octanol–water partition coefficient (Wildman–Crippen LogP) is 1.08. The maximum atomic E-state index is 9.75. The van der Waals surface area contributed by atoms with Gasteiger partial charge in [-0.3, -0.25) is 0 Å². The lowest BCUT2D eigenvalue weighted by Crippen LogP contribution is -1.73. The summed E-state index contributed by atoms with van der Waals surface area (Å²) in [5.41, 5.74) is 0.332. The zero-order valence-corrected chi connectivity index (χ0v) is 5.78. The van der Waals surface area contributed by atoms with E-state index in [1.165, 1.54) is 18.2 Å². The molecular formula is C7H6N2O2. The molecule has 4 heteroatoms. The van der Waals surface area contributed by atoms with Gasteiger partial charge in [-0.05, 0) is 0 Å². The first kappa shape index (κ1) is 9.24. The Morgan fingerprint density at radius 1 is 1.45 bits per heavy atom. The lowest BCUT2D eigenvalue weighted by atomic mass is 10.3. The van der Waals surface area contributed by atoms with Crippen LogP contribution in [0.5, 0.6) is 0 Å². The van der Waals surface area contributed by atoms with E-state index < -0.39 is 0 Å². The first-order chi connectivity index (χ1) is 5.35. The monoisotopic (exact) mass is 150 g/mol. The van der Waals surface area contributed by atoms with E-state index >= 15 is 0 Å². The van der Waals surface area contributed by atoms with Crippen molar-refractivity contribution in [3.8, 4) is 0 Å². The van der Waals surface area contributed by atoms with E-state index in [1.807, 2.05) is 0 Å². The van der Waals surface area contributed by atoms with Gasteiger partial charge in [-0.15, -0.1) is 6.58 Å². The molecule has 0 heterocycles. The summed E-state index contributed by atoms with van der Waals surface area (Å²) < 4.78 is 0. The molecule has 0 bridgehead atoms. The van der Waals surface area contributed by atoms with Crippen molar-refractivity contribution in [1.82, 2.24) is 0 Å². The Kier molecular flexibility index (Phi) is 5.34. The fraction of sp³-hybridized carbons (Fsp3) is 0.143. The minimum atomic E-state index is 0.332. The number of rotatable bonds is 4. The van der Waals surface area contributed by atoms with Crippen molar-refractivity contribution >= 4 is 12.2 Å². The highest BCUT2D eigenvalue weighted by Gasteiger charge is 1.87. The molecule has 0 spiro atoms. The van der Waals surface area contributed by atoms with E-state index in [0.29, 0.717) is 12.1 Å². The first-order valence-electron chi connectivity index (χ1n) is 2.80. The van der Waals surface area contributed by atoms with Crippen LogP contribution in [0.1, 0.15) is 6.42 Å². The average molecular weight is 150 g/mol. The van der Waals surface area contributed by atoms with Gasteiger partial charge >= 0.3 is 0 Å². The molecule has 0 saturated heterocycles. The number of isocyanates is 2. The van der Waals surface area contributed by atoms with Gasteiger partial charge in [0.15, 0.2) is 0 Å². The maximum Gasteiger partial charge on any atom is 0.240 e. The Morgan fingerprint density at radius 3 is 2.64 bits per heavy atom. The van der Waals surface area contributed by atoms with E-state index in [9.17, 15) is 9.59 Å². The number of hydrogen-bond donors (Lipinski definition) is 0. The summed E-state index contributed by atoms with van der Waals surface area (Å²) in [6, 6.07) is 0. The normalized spacial score (nSPS) is 9.27. The number of nitrogens with zero attached hydrogens (tertiary/aromatic N) is 2. The molecule has 11 heavy (non-hydrogen) atoms. The van der Waals surface area contributed by atoms with Gasteiger partial charge in [0, 0.05) is 6.42 Å². The number of aliphatic imine (C=N–C) groups is 2. The molecule has 0 unspecified atom stereocenters. The highest BCUT2D eigenvalue weighted by Crippen LogP contribution is 2.01. The summed E-state index contributed by atoms with van der Waals surface area (Å²) in [5.74, 6) is 0. The molecule has 0 aliphatic carbocycles. The van der Waals surface area contributed by atoms with Crippen molar-refractivity contribution in [1.29, 1.82) is 0 Å². The van der Waals surface area contributed by atoms with Crippen molar-refractivity contribution in [2.75, 3.05) is 0 Å². The van der Waals surface area contributed by atoms with E-state index in [2.05, 4.69) is 16.6 Å². The van der Waals surface area contributed by atoms with Crippen LogP contribution in [-0.2, 0) is 9.59 Å². The third-order valence-corrected chi connectivity index (χ3v) is 0.809. The van der Waals surface area contributed by atoms with E-state index in [1.54, 1.807) is 0 Å². The van der Waals surface area contributed by atoms with Crippen molar-refractivity contribution < 1.29 is 9.59 Å². The second-order valence-electron chi connectivity index (χ2n) is 1.54. The van der Waals surface area contributed by atoms with Gasteiger partial charge in [0.25, 0.3) is 0 Å². The van der Waals surface area contributed by atoms with E-state index in [0.717, 1.165) is 6.20 Å². The summed E-state index contributed by atoms with van der Waals surface area (Å²) in [6.45, 7) is 3.42. The zero-order chi connectivity index (χ0) is 8.53. The molecule has 0 aromatic rings. The van der Waals surface area contributed by atoms with Gasteiger partial charge in [0.05, 0.1) is 11.9 Å². The average Bonchev–Trinajstić information content (AvgIpc) is 2.01. The summed E-state index contributed by atoms with van der Waals surface area (Å²) >= 11 is 0. The molecule has 0 aliphatic heterocycles. The van der Waals surface area contributed by atoms with Crippen molar-refractivity contribution in [2.24, 2.45) is 9.98 Å². The highest BCUT2D eigenvalue weighted by molar-refractivity contribution is 5.39. The topological polar surface area (TPSA) is 58.9 Å². The van der Waals surface area contributed by atoms with Crippen LogP contribution in [0, 0.1) is 0 Å². The van der Waals surface area contributed by atoms with Crippen molar-refractivity contribution in [2.45, 2.75) is 6.42 Å². The molecule has 0 aromatic heterocycles. The second-order valence-corrected chi connectivity index (χ2v) is 1.54. The van der Waals surface area contributed by atoms with Crippen LogP contribution >= 0.6 is 0 Å². The first-order valence-corrected chi connectivity index (χ1v) is 2.80. The summed E-state index contributed by atoms with van der Waals surface area (Å²) in [4.78, 5) is 25.7. The minimum absolute atomic E-state index is 0.332. The number of hydrogen-bond acceptors (Lipinski definition) is 4. The number of carbonyl (C=O) groups excluding carboxylic acids is 2. The molecule has 0 radical (unpaired) electrons. The van der Waals surface area contributed by atoms with Crippen LogP contribution in [-0.4, -0.2) is 12.2 Å². The lowest BCUT2D eigenvalue weighted by Gasteiger charge is -1.86. The van der Waals surface area contributed by atoms with Gasteiger partial charge in [0.2, 0.25) is 12.2 Å². The molecule has 0 amide bonds. The van der Waals surface area contributed by atoms with Gasteiger partial charge in [0.1, 0.15) is 0 Å². The van der Waals surface area contributed by atoms with Gasteiger partial charge in [-0.1, -0.05) is 6.08 Å². The number of allylic oxidation sites excluding steroid dienone is 1. The molecule has 0 rings (SSSR count). The van der Waals surface area contributed by atoms with E-state index in [4.69, 9.17) is 0 Å². The molecule has 4 nitrogen and oxygen atoms in total. The van der Waals surface area contributed by atoms with Gasteiger partial charge in [-0.2, -0.15) is 9.98 Å². The third-order valence-electron chi connectivity index (χ3n) is 0.809. The smallest absolute Gasteiger partial charge is 0.211 e. The molecule has 0 aliphatic rings. The fourth-order valence-electron chi connectivity index (χ4n) is 0.435. The van der Waals surface area contributed by atoms with Crippen LogP contribution in [0.2, 0.25) is 0 Å². The standard InChI is InChI=1S/C7H6N2O2/c1-2-3-7(9-6-11)4-8-5-10/h2,4H,1,3H2/b7-4-. The predicted molar refractivity (Wildman–Crippen MR) is 39.1 cm³/mol. The Balaban J connectivity index is 4.42. The van der Waals surface area contributed by atoms with Crippen LogP contribution in [0.4, 0.5) is 0 Å². The summed E-state index contributed by atoms with van der Waals surface area (Å²) in [5, 5.41) is 0. The fourth-order valence-corrected chi connectivity index (χ4v) is 0.435. The molecule has 0 atom stereocenters.